The fourth-order valence-electron chi connectivity index (χ4n) is 5.23. The predicted octanol–water partition coefficient (Wildman–Crippen LogP) is 6.90. The Morgan fingerprint density at radius 3 is 2.50 bits per heavy atom. The van der Waals surface area contributed by atoms with Gasteiger partial charge in [-0.25, -0.2) is 17.6 Å². The van der Waals surface area contributed by atoms with Crippen molar-refractivity contribution in [2.24, 2.45) is 5.41 Å². The van der Waals surface area contributed by atoms with E-state index in [2.05, 4.69) is 4.98 Å². The van der Waals surface area contributed by atoms with Crippen molar-refractivity contribution in [1.82, 2.24) is 9.88 Å². The highest BCUT2D eigenvalue weighted by atomic mass is 35.5. The number of carboxylic acid groups (broad SMARTS) is 1. The van der Waals surface area contributed by atoms with Crippen molar-refractivity contribution in [1.29, 1.82) is 0 Å². The summed E-state index contributed by atoms with van der Waals surface area (Å²) >= 11 is 6.32. The van der Waals surface area contributed by atoms with Gasteiger partial charge in [0, 0.05) is 34.8 Å². The van der Waals surface area contributed by atoms with E-state index in [1.165, 1.54) is 13.3 Å². The number of benzene rings is 2. The molecule has 5 nitrogen and oxygen atoms in total. The van der Waals surface area contributed by atoms with Crippen LogP contribution in [0.25, 0.3) is 10.9 Å². The average molecular weight is 553 g/mol. The molecule has 1 aromatic heterocycles. The van der Waals surface area contributed by atoms with Crippen LogP contribution in [-0.4, -0.2) is 47.7 Å². The maximum Gasteiger partial charge on any atom is 0.309 e. The molecule has 1 aliphatic rings. The molecule has 2 aromatic carbocycles. The lowest BCUT2D eigenvalue weighted by molar-refractivity contribution is -0.153. The summed E-state index contributed by atoms with van der Waals surface area (Å²) in [6, 6.07) is 6.44. The molecule has 1 atom stereocenters. The summed E-state index contributed by atoms with van der Waals surface area (Å²) in [6.45, 7) is 1.44. The Bertz CT molecular complexity index is 1290. The van der Waals surface area contributed by atoms with E-state index >= 15 is 4.39 Å². The molecule has 204 valence electrons. The normalized spacial score (nSPS) is 16.5. The van der Waals surface area contributed by atoms with Crippen LogP contribution in [0.15, 0.2) is 36.5 Å². The Kier molecular flexibility index (Phi) is 8.78. The summed E-state index contributed by atoms with van der Waals surface area (Å²) in [5.74, 6) is -3.21. The maximum absolute atomic E-state index is 15.6. The van der Waals surface area contributed by atoms with Gasteiger partial charge in [0.25, 0.3) is 0 Å². The highest BCUT2D eigenvalue weighted by Crippen LogP contribution is 2.42. The molecular formula is C28H29ClF4N2O3. The third-order valence-corrected chi connectivity index (χ3v) is 7.83. The summed E-state index contributed by atoms with van der Waals surface area (Å²) in [4.78, 5) is 18.6. The number of pyridine rings is 1. The molecule has 0 saturated carbocycles. The fraction of sp³-hybridized carbons (Fsp3) is 0.429. The van der Waals surface area contributed by atoms with Gasteiger partial charge in [0.2, 0.25) is 0 Å². The molecule has 0 unspecified atom stereocenters. The molecule has 0 aliphatic carbocycles. The number of halogens is 5. The Morgan fingerprint density at radius 2 is 1.87 bits per heavy atom. The summed E-state index contributed by atoms with van der Waals surface area (Å²) in [7, 11) is 1.51. The van der Waals surface area contributed by atoms with Gasteiger partial charge >= 0.3 is 5.97 Å². The molecule has 0 amide bonds. The van der Waals surface area contributed by atoms with Crippen LogP contribution < -0.4 is 4.74 Å². The van der Waals surface area contributed by atoms with E-state index < -0.39 is 35.0 Å². The van der Waals surface area contributed by atoms with E-state index in [1.807, 2.05) is 4.90 Å². The molecule has 0 bridgehead atoms. The van der Waals surface area contributed by atoms with Crippen LogP contribution in [0, 0.1) is 22.9 Å². The molecule has 1 aliphatic heterocycles. The largest absolute Gasteiger partial charge is 0.497 e. The first-order valence-corrected chi connectivity index (χ1v) is 12.9. The minimum absolute atomic E-state index is 0.0224. The number of nitrogens with zero attached hydrogens (tertiary/aromatic N) is 2. The lowest BCUT2D eigenvalue weighted by Gasteiger charge is -2.39. The number of piperidine rings is 1. The maximum atomic E-state index is 15.6. The minimum Gasteiger partial charge on any atom is -0.497 e. The van der Waals surface area contributed by atoms with Crippen molar-refractivity contribution in [2.45, 2.75) is 44.7 Å². The zero-order chi connectivity index (χ0) is 27.4. The van der Waals surface area contributed by atoms with Gasteiger partial charge in [0.05, 0.1) is 23.1 Å². The van der Waals surface area contributed by atoms with E-state index in [0.29, 0.717) is 67.7 Å². The van der Waals surface area contributed by atoms with E-state index in [9.17, 15) is 23.1 Å². The summed E-state index contributed by atoms with van der Waals surface area (Å²) < 4.78 is 61.7. The molecule has 0 spiro atoms. The highest BCUT2D eigenvalue weighted by molar-refractivity contribution is 6.32. The number of rotatable bonds is 10. The summed E-state index contributed by atoms with van der Waals surface area (Å²) in [6.07, 6.45) is 1.21. The van der Waals surface area contributed by atoms with Gasteiger partial charge in [0.1, 0.15) is 29.4 Å². The van der Waals surface area contributed by atoms with Crippen LogP contribution in [0.1, 0.15) is 49.4 Å². The number of likely N-dealkylation sites (tertiary alicyclic amines) is 1. The Balaban J connectivity index is 1.37. The Labute approximate surface area is 223 Å². The molecule has 1 fully saturated rings. The van der Waals surface area contributed by atoms with Gasteiger partial charge in [-0.05, 0) is 76.4 Å². The topological polar surface area (TPSA) is 62.7 Å². The van der Waals surface area contributed by atoms with E-state index in [-0.39, 0.29) is 35.4 Å². The van der Waals surface area contributed by atoms with Crippen LogP contribution in [0.2, 0.25) is 5.02 Å². The minimum atomic E-state index is -1.49. The first-order chi connectivity index (χ1) is 18.1. The van der Waals surface area contributed by atoms with Gasteiger partial charge in [0.15, 0.2) is 0 Å². The zero-order valence-electron chi connectivity index (χ0n) is 21.0. The monoisotopic (exact) mass is 552 g/mol. The number of aliphatic carboxylic acids is 1. The number of hydrogen-bond acceptors (Lipinski definition) is 4. The number of methoxy groups -OCH3 is 1. The Morgan fingerprint density at radius 1 is 1.18 bits per heavy atom. The van der Waals surface area contributed by atoms with Gasteiger partial charge in [-0.15, -0.1) is 0 Å². The van der Waals surface area contributed by atoms with Gasteiger partial charge in [-0.1, -0.05) is 11.6 Å². The molecule has 2 heterocycles. The highest BCUT2D eigenvalue weighted by Gasteiger charge is 2.41. The molecule has 4 rings (SSSR count). The van der Waals surface area contributed by atoms with Crippen molar-refractivity contribution in [3.8, 4) is 5.75 Å². The van der Waals surface area contributed by atoms with Crippen LogP contribution >= 0.6 is 11.6 Å². The third-order valence-electron chi connectivity index (χ3n) is 7.53. The number of ether oxygens (including phenoxy) is 1. The molecule has 3 aromatic rings. The van der Waals surface area contributed by atoms with Crippen molar-refractivity contribution in [3.05, 3.63) is 70.1 Å². The van der Waals surface area contributed by atoms with Crippen molar-refractivity contribution < 1.29 is 32.2 Å². The second-order valence-electron chi connectivity index (χ2n) is 9.79. The fourth-order valence-corrected chi connectivity index (χ4v) is 5.50. The molecule has 10 heteroatoms. The SMILES string of the molecule is COc1ccc2ncc(Cl)c([C@H](F)CCC3(C(=O)O)CCN(CCCc4c(F)cc(F)cc4F)CC3)c2c1. The smallest absolute Gasteiger partial charge is 0.309 e. The Hall–Kier alpha value is -2.91. The van der Waals surface area contributed by atoms with Crippen molar-refractivity contribution >= 4 is 28.5 Å². The van der Waals surface area contributed by atoms with E-state index in [4.69, 9.17) is 16.3 Å². The lowest BCUT2D eigenvalue weighted by atomic mass is 9.74. The standard InChI is InChI=1S/C28H29ClF4N2O3/c1-38-18-4-5-25-20(15-18)26(21(29)16-34-25)22(31)6-7-28(27(36)37)8-11-35(12-9-28)10-2-3-19-23(32)13-17(30)14-24(19)33/h4-5,13-16,22H,2-3,6-12H2,1H3,(H,36,37)/t22-/m1/s1. The predicted molar refractivity (Wildman–Crippen MR) is 137 cm³/mol. The third kappa shape index (κ3) is 6.04. The van der Waals surface area contributed by atoms with E-state index in [0.717, 1.165) is 0 Å². The van der Waals surface area contributed by atoms with Gasteiger partial charge < -0.3 is 14.7 Å². The number of alkyl halides is 1. The first kappa shape index (κ1) is 28.1. The van der Waals surface area contributed by atoms with Crippen molar-refractivity contribution in [3.63, 3.8) is 0 Å². The zero-order valence-corrected chi connectivity index (χ0v) is 21.7. The van der Waals surface area contributed by atoms with Crippen LogP contribution in [0.5, 0.6) is 5.75 Å². The van der Waals surface area contributed by atoms with Gasteiger partial charge in [-0.3, -0.25) is 9.78 Å². The van der Waals surface area contributed by atoms with Crippen molar-refractivity contribution in [2.75, 3.05) is 26.7 Å². The van der Waals surface area contributed by atoms with Crippen LogP contribution in [0.4, 0.5) is 17.6 Å². The molecule has 38 heavy (non-hydrogen) atoms. The first-order valence-electron chi connectivity index (χ1n) is 12.5. The second-order valence-corrected chi connectivity index (χ2v) is 10.2. The van der Waals surface area contributed by atoms with Crippen LogP contribution in [-0.2, 0) is 11.2 Å². The number of carbonyl (C=O) groups is 1. The molecule has 0 radical (unpaired) electrons. The number of fused-ring (bicyclic) bond motifs is 1. The lowest BCUT2D eigenvalue weighted by Crippen LogP contribution is -2.44. The number of hydrogen-bond donors (Lipinski definition) is 1. The molecular weight excluding hydrogens is 524 g/mol. The summed E-state index contributed by atoms with van der Waals surface area (Å²) in [5.41, 5.74) is -0.399. The number of aromatic nitrogens is 1. The second kappa shape index (κ2) is 11.9. The van der Waals surface area contributed by atoms with Crippen LogP contribution in [0.3, 0.4) is 0 Å². The summed E-state index contributed by atoms with van der Waals surface area (Å²) in [5, 5.41) is 10.8. The van der Waals surface area contributed by atoms with Gasteiger partial charge in [-0.2, -0.15) is 0 Å². The van der Waals surface area contributed by atoms with E-state index in [1.54, 1.807) is 18.2 Å². The quantitative estimate of drug-likeness (QED) is 0.277. The molecule has 1 N–H and O–H groups in total. The molecule has 1 saturated heterocycles. The number of carboxylic acids is 1. The average Bonchev–Trinajstić information content (AvgIpc) is 2.89.